The molecule has 0 aromatic heterocycles. The van der Waals surface area contributed by atoms with Gasteiger partial charge in [-0.3, -0.25) is 9.59 Å². The number of unbranched alkanes of at least 4 members (excludes halogenated alkanes) is 2. The van der Waals surface area contributed by atoms with E-state index in [0.717, 1.165) is 25.7 Å². The minimum absolute atomic E-state index is 0.0738. The van der Waals surface area contributed by atoms with Gasteiger partial charge in [0.25, 0.3) is 0 Å². The van der Waals surface area contributed by atoms with E-state index in [-0.39, 0.29) is 18.3 Å². The number of carbonyl (C=O) groups excluding carboxylic acids is 1. The Morgan fingerprint density at radius 2 is 1.73 bits per heavy atom. The van der Waals surface area contributed by atoms with Gasteiger partial charge in [-0.1, -0.05) is 50.1 Å². The molecule has 0 bridgehead atoms. The van der Waals surface area contributed by atoms with E-state index in [1.165, 1.54) is 0 Å². The lowest BCUT2D eigenvalue weighted by molar-refractivity contribution is -0.137. The monoisotopic (exact) mass is 308 g/mol. The van der Waals surface area contributed by atoms with E-state index in [1.54, 1.807) is 19.3 Å². The first-order valence-electron chi connectivity index (χ1n) is 7.89. The normalized spacial score (nSPS) is 13.4. The van der Waals surface area contributed by atoms with Crippen molar-refractivity contribution in [2.45, 2.75) is 58.0 Å². The molecule has 0 fully saturated rings. The molecule has 0 amide bonds. The number of hydrogen-bond donors (Lipinski definition) is 1. The van der Waals surface area contributed by atoms with Crippen LogP contribution in [0, 0.1) is 0 Å². The second-order valence-electron chi connectivity index (χ2n) is 5.11. The number of hydrogen-bond acceptors (Lipinski definition) is 3. The van der Waals surface area contributed by atoms with Crippen molar-refractivity contribution >= 4 is 11.8 Å². The van der Waals surface area contributed by atoms with Crippen LogP contribution < -0.4 is 0 Å². The van der Waals surface area contributed by atoms with Gasteiger partial charge in [-0.05, 0) is 25.3 Å². The van der Waals surface area contributed by atoms with Gasteiger partial charge in [0, 0.05) is 20.0 Å². The van der Waals surface area contributed by atoms with Gasteiger partial charge in [0.1, 0.15) is 0 Å². The van der Waals surface area contributed by atoms with Crippen molar-refractivity contribution in [1.82, 2.24) is 0 Å². The maximum atomic E-state index is 11.5. The first-order valence-corrected chi connectivity index (χ1v) is 7.89. The van der Waals surface area contributed by atoms with Gasteiger partial charge < -0.3 is 9.84 Å². The predicted octanol–water partition coefficient (Wildman–Crippen LogP) is 4.07. The second-order valence-corrected chi connectivity index (χ2v) is 5.11. The molecule has 22 heavy (non-hydrogen) atoms. The molecule has 0 aliphatic heterocycles. The highest BCUT2D eigenvalue weighted by atomic mass is 16.5. The lowest BCUT2D eigenvalue weighted by Crippen LogP contribution is -2.05. The topological polar surface area (TPSA) is 63.6 Å². The molecule has 0 saturated heterocycles. The molecule has 124 valence electrons. The Hall–Kier alpha value is -1.68. The summed E-state index contributed by atoms with van der Waals surface area (Å²) in [5, 5.41) is 8.49. The minimum Gasteiger partial charge on any atom is -0.481 e. The van der Waals surface area contributed by atoms with Crippen LogP contribution in [-0.2, 0) is 14.3 Å². The molecule has 0 radical (unpaired) electrons. The summed E-state index contributed by atoms with van der Waals surface area (Å²) in [4.78, 5) is 21.9. The summed E-state index contributed by atoms with van der Waals surface area (Å²) in [5.41, 5.74) is 0. The lowest BCUT2D eigenvalue weighted by atomic mass is 10.1. The zero-order chi connectivity index (χ0) is 16.6. The average molecular weight is 308 g/mol. The number of carboxylic acid groups (broad SMARTS) is 1. The molecular weight excluding hydrogens is 280 g/mol. The number of ketones is 1. The highest BCUT2D eigenvalue weighted by Crippen LogP contribution is 2.04. The van der Waals surface area contributed by atoms with E-state index in [1.807, 2.05) is 24.3 Å². The van der Waals surface area contributed by atoms with Crippen LogP contribution in [0.15, 0.2) is 36.5 Å². The number of carboxylic acids is 1. The Kier molecular flexibility index (Phi) is 13.2. The smallest absolute Gasteiger partial charge is 0.303 e. The van der Waals surface area contributed by atoms with Crippen LogP contribution in [0.25, 0.3) is 0 Å². The summed E-state index contributed by atoms with van der Waals surface area (Å²) in [5.74, 6) is -0.705. The number of methoxy groups -OCH3 is 1. The van der Waals surface area contributed by atoms with Crippen LogP contribution in [0.2, 0.25) is 0 Å². The largest absolute Gasteiger partial charge is 0.481 e. The highest BCUT2D eigenvalue weighted by molar-refractivity contribution is 5.89. The van der Waals surface area contributed by atoms with Crippen LogP contribution in [-0.4, -0.2) is 30.1 Å². The van der Waals surface area contributed by atoms with Gasteiger partial charge >= 0.3 is 5.97 Å². The molecule has 0 rings (SSSR count). The fourth-order valence-corrected chi connectivity index (χ4v) is 1.89. The number of allylic oxidation sites excluding steroid dienone is 5. The summed E-state index contributed by atoms with van der Waals surface area (Å²) in [6.07, 6.45) is 15.9. The van der Waals surface area contributed by atoms with Gasteiger partial charge in [-0.15, -0.1) is 0 Å². The van der Waals surface area contributed by atoms with Crippen LogP contribution in [0.1, 0.15) is 51.9 Å². The zero-order valence-electron chi connectivity index (χ0n) is 13.7. The first kappa shape index (κ1) is 20.3. The SMILES string of the molecule is CCCC(C=CC=CC=CC(=O)CCCCCC(=O)O)OC. The number of aliphatic carboxylic acids is 1. The molecule has 1 N–H and O–H groups in total. The molecule has 0 aliphatic carbocycles. The van der Waals surface area contributed by atoms with Gasteiger partial charge in [-0.25, -0.2) is 0 Å². The van der Waals surface area contributed by atoms with Crippen LogP contribution >= 0.6 is 0 Å². The summed E-state index contributed by atoms with van der Waals surface area (Å²) in [6, 6.07) is 0. The van der Waals surface area contributed by atoms with Crippen molar-refractivity contribution in [3.8, 4) is 0 Å². The van der Waals surface area contributed by atoms with Crippen molar-refractivity contribution in [2.75, 3.05) is 7.11 Å². The average Bonchev–Trinajstić information content (AvgIpc) is 2.48. The molecule has 1 unspecified atom stereocenters. The number of rotatable bonds is 13. The van der Waals surface area contributed by atoms with Gasteiger partial charge in [0.15, 0.2) is 5.78 Å². The summed E-state index contributed by atoms with van der Waals surface area (Å²) in [6.45, 7) is 2.12. The van der Waals surface area contributed by atoms with E-state index < -0.39 is 5.97 Å². The van der Waals surface area contributed by atoms with E-state index in [0.29, 0.717) is 12.8 Å². The van der Waals surface area contributed by atoms with Gasteiger partial charge in [-0.2, -0.15) is 0 Å². The van der Waals surface area contributed by atoms with Crippen molar-refractivity contribution in [3.05, 3.63) is 36.5 Å². The minimum atomic E-state index is -0.779. The van der Waals surface area contributed by atoms with Gasteiger partial charge in [0.2, 0.25) is 0 Å². The van der Waals surface area contributed by atoms with E-state index >= 15 is 0 Å². The maximum absolute atomic E-state index is 11.5. The van der Waals surface area contributed by atoms with Crippen molar-refractivity contribution in [3.63, 3.8) is 0 Å². The fourth-order valence-electron chi connectivity index (χ4n) is 1.89. The predicted molar refractivity (Wildman–Crippen MR) is 88.9 cm³/mol. The third-order valence-electron chi connectivity index (χ3n) is 3.13. The van der Waals surface area contributed by atoms with E-state index in [9.17, 15) is 9.59 Å². The Morgan fingerprint density at radius 1 is 1.05 bits per heavy atom. The second kappa shape index (κ2) is 14.3. The molecule has 0 heterocycles. The molecule has 0 aromatic carbocycles. The first-order chi connectivity index (χ1) is 10.6. The van der Waals surface area contributed by atoms with Crippen molar-refractivity contribution in [2.24, 2.45) is 0 Å². The van der Waals surface area contributed by atoms with Crippen LogP contribution in [0.5, 0.6) is 0 Å². The standard InChI is InChI=1S/C18H28O4/c1-3-11-17(22-2)14-9-5-4-7-12-16(19)13-8-6-10-15-18(20)21/h4-5,7,9,12,14,17H,3,6,8,10-11,13,15H2,1-2H3,(H,20,21). The molecule has 1 atom stereocenters. The van der Waals surface area contributed by atoms with Crippen molar-refractivity contribution < 1.29 is 19.4 Å². The van der Waals surface area contributed by atoms with E-state index in [2.05, 4.69) is 6.92 Å². The maximum Gasteiger partial charge on any atom is 0.303 e. The van der Waals surface area contributed by atoms with E-state index in [4.69, 9.17) is 9.84 Å². The van der Waals surface area contributed by atoms with Crippen LogP contribution in [0.3, 0.4) is 0 Å². The third-order valence-corrected chi connectivity index (χ3v) is 3.13. The molecule has 4 heteroatoms. The molecule has 0 aromatic rings. The lowest BCUT2D eigenvalue weighted by Gasteiger charge is -2.07. The van der Waals surface area contributed by atoms with Gasteiger partial charge in [0.05, 0.1) is 6.10 Å². The summed E-state index contributed by atoms with van der Waals surface area (Å²) in [7, 11) is 1.70. The Balaban J connectivity index is 3.82. The van der Waals surface area contributed by atoms with Crippen LogP contribution in [0.4, 0.5) is 0 Å². The molecule has 0 saturated carbocycles. The third kappa shape index (κ3) is 13.3. The Morgan fingerprint density at radius 3 is 2.36 bits per heavy atom. The Bertz CT molecular complexity index is 394. The quantitative estimate of drug-likeness (QED) is 0.316. The Labute approximate surface area is 133 Å². The molecule has 0 spiro atoms. The molecule has 0 aliphatic rings. The molecule has 4 nitrogen and oxygen atoms in total. The molecular formula is C18H28O4. The number of carbonyl (C=O) groups is 2. The fraction of sp³-hybridized carbons (Fsp3) is 0.556. The summed E-state index contributed by atoms with van der Waals surface area (Å²) < 4.78 is 5.28. The number of ether oxygens (including phenoxy) is 1. The summed E-state index contributed by atoms with van der Waals surface area (Å²) >= 11 is 0. The van der Waals surface area contributed by atoms with Crippen molar-refractivity contribution in [1.29, 1.82) is 0 Å². The zero-order valence-corrected chi connectivity index (χ0v) is 13.7. The highest BCUT2D eigenvalue weighted by Gasteiger charge is 1.99.